The number of nitrogens with two attached hydrogens (primary N) is 2. The van der Waals surface area contributed by atoms with Crippen LogP contribution in [0.25, 0.3) is 11.3 Å². The molecule has 8 nitrogen and oxygen atoms in total. The van der Waals surface area contributed by atoms with E-state index in [4.69, 9.17) is 27.8 Å². The van der Waals surface area contributed by atoms with E-state index in [0.29, 0.717) is 57.7 Å². The van der Waals surface area contributed by atoms with Crippen LogP contribution in [0.3, 0.4) is 0 Å². The lowest BCUT2D eigenvalue weighted by Crippen LogP contribution is -2.35. The Kier molecular flexibility index (Phi) is 6.21. The molecule has 1 unspecified atom stereocenters. The zero-order valence-electron chi connectivity index (χ0n) is 17.4. The van der Waals surface area contributed by atoms with E-state index < -0.39 is 0 Å². The molecule has 32 heavy (non-hydrogen) atoms. The number of carbonyl (C=O) groups excluding carboxylic acids is 1. The third-order valence-electron chi connectivity index (χ3n) is 4.98. The van der Waals surface area contributed by atoms with Crippen LogP contribution in [0.2, 0.25) is 5.02 Å². The molecule has 0 aliphatic carbocycles. The van der Waals surface area contributed by atoms with Gasteiger partial charge >= 0.3 is 0 Å². The Morgan fingerprint density at radius 3 is 2.75 bits per heavy atom. The zero-order chi connectivity index (χ0) is 22.7. The molecule has 0 bridgehead atoms. The number of hydrogen-bond acceptors (Lipinski definition) is 7. The summed E-state index contributed by atoms with van der Waals surface area (Å²) in [5.74, 6) is 6.44. The predicted molar refractivity (Wildman–Crippen MR) is 123 cm³/mol. The number of aromatic nitrogens is 3. The summed E-state index contributed by atoms with van der Waals surface area (Å²) in [5, 5.41) is 3.24. The van der Waals surface area contributed by atoms with Gasteiger partial charge in [-0.2, -0.15) is 0 Å². The van der Waals surface area contributed by atoms with E-state index in [1.807, 2.05) is 0 Å². The van der Waals surface area contributed by atoms with Gasteiger partial charge in [-0.3, -0.25) is 4.79 Å². The fraction of sp³-hybridized carbons (Fsp3) is 0.217. The number of carbonyl (C=O) groups is 1. The molecule has 1 atom stereocenters. The van der Waals surface area contributed by atoms with Gasteiger partial charge in [0.2, 0.25) is 5.95 Å². The Labute approximate surface area is 190 Å². The number of halogens is 1. The van der Waals surface area contributed by atoms with Crippen molar-refractivity contribution in [2.45, 2.75) is 19.4 Å². The first-order valence-electron chi connectivity index (χ1n) is 9.97. The van der Waals surface area contributed by atoms with Crippen molar-refractivity contribution in [2.75, 3.05) is 24.7 Å². The predicted octanol–water partition coefficient (Wildman–Crippen LogP) is 2.58. The summed E-state index contributed by atoms with van der Waals surface area (Å²) in [6.07, 6.45) is 2.38. The SMILES string of the molecule is Cc1nc(N)nc(-c2ccc(C(=O)NC3CCOC3)c(Cl)c2)c1C#Cc1ccc(N)nc1. The summed E-state index contributed by atoms with van der Waals surface area (Å²) in [4.78, 5) is 25.3. The maximum Gasteiger partial charge on any atom is 0.253 e. The molecule has 4 rings (SSSR count). The van der Waals surface area contributed by atoms with Crippen molar-refractivity contribution < 1.29 is 9.53 Å². The fourth-order valence-corrected chi connectivity index (χ4v) is 3.59. The Morgan fingerprint density at radius 2 is 2.06 bits per heavy atom. The van der Waals surface area contributed by atoms with Gasteiger partial charge in [-0.1, -0.05) is 29.5 Å². The molecule has 1 fully saturated rings. The Bertz CT molecular complexity index is 1230. The van der Waals surface area contributed by atoms with Gasteiger partial charge in [-0.25, -0.2) is 15.0 Å². The first-order valence-corrected chi connectivity index (χ1v) is 10.3. The molecule has 1 aliphatic rings. The minimum absolute atomic E-state index is 0.00717. The van der Waals surface area contributed by atoms with Crippen LogP contribution in [0.15, 0.2) is 36.5 Å². The van der Waals surface area contributed by atoms with Gasteiger partial charge in [-0.05, 0) is 37.6 Å². The lowest BCUT2D eigenvalue weighted by molar-refractivity contribution is 0.0930. The molecule has 1 amide bonds. The number of hydrogen-bond donors (Lipinski definition) is 3. The van der Waals surface area contributed by atoms with E-state index in [1.54, 1.807) is 43.5 Å². The van der Waals surface area contributed by atoms with Crippen molar-refractivity contribution in [3.63, 3.8) is 0 Å². The quantitative estimate of drug-likeness (QED) is 0.525. The molecule has 1 saturated heterocycles. The lowest BCUT2D eigenvalue weighted by atomic mass is 10.0. The third kappa shape index (κ3) is 4.80. The highest BCUT2D eigenvalue weighted by atomic mass is 35.5. The van der Waals surface area contributed by atoms with E-state index in [9.17, 15) is 4.79 Å². The van der Waals surface area contributed by atoms with Crippen LogP contribution in [-0.4, -0.2) is 40.1 Å². The van der Waals surface area contributed by atoms with Crippen LogP contribution in [0.5, 0.6) is 0 Å². The van der Waals surface area contributed by atoms with Crippen molar-refractivity contribution in [2.24, 2.45) is 0 Å². The molecule has 0 radical (unpaired) electrons. The molecule has 1 aliphatic heterocycles. The number of nitrogen functional groups attached to an aromatic ring is 2. The standard InChI is InChI=1S/C23H21ClN6O2/c1-13-17(5-2-14-3-7-20(25)27-11-14)21(30-23(26)28-13)15-4-6-18(19(24)10-15)22(31)29-16-8-9-32-12-16/h3-4,6-7,10-11,16H,8-9,12H2,1H3,(H2,25,27)(H,29,31)(H2,26,28,30). The summed E-state index contributed by atoms with van der Waals surface area (Å²) >= 11 is 6.46. The molecule has 1 aromatic carbocycles. The van der Waals surface area contributed by atoms with Crippen LogP contribution in [0.4, 0.5) is 11.8 Å². The number of amides is 1. The van der Waals surface area contributed by atoms with Crippen LogP contribution in [0.1, 0.15) is 33.6 Å². The molecule has 3 aromatic rings. The van der Waals surface area contributed by atoms with Gasteiger partial charge in [0, 0.05) is 23.9 Å². The minimum Gasteiger partial charge on any atom is -0.384 e. The van der Waals surface area contributed by atoms with E-state index in [0.717, 1.165) is 6.42 Å². The van der Waals surface area contributed by atoms with Gasteiger partial charge in [0.25, 0.3) is 5.91 Å². The third-order valence-corrected chi connectivity index (χ3v) is 5.29. The van der Waals surface area contributed by atoms with Crippen molar-refractivity contribution in [1.82, 2.24) is 20.3 Å². The molecule has 3 heterocycles. The second-order valence-electron chi connectivity index (χ2n) is 7.34. The van der Waals surface area contributed by atoms with E-state index in [2.05, 4.69) is 32.1 Å². The summed E-state index contributed by atoms with van der Waals surface area (Å²) in [5.41, 5.74) is 15.0. The van der Waals surface area contributed by atoms with Crippen molar-refractivity contribution in [1.29, 1.82) is 0 Å². The first kappa shape index (κ1) is 21.6. The van der Waals surface area contributed by atoms with E-state index in [-0.39, 0.29) is 17.9 Å². The molecule has 2 aromatic heterocycles. The highest BCUT2D eigenvalue weighted by molar-refractivity contribution is 6.34. The molecule has 162 valence electrons. The van der Waals surface area contributed by atoms with Gasteiger partial charge < -0.3 is 21.5 Å². The number of anilines is 2. The van der Waals surface area contributed by atoms with E-state index >= 15 is 0 Å². The number of rotatable bonds is 3. The topological polar surface area (TPSA) is 129 Å². The molecule has 0 spiro atoms. The second kappa shape index (κ2) is 9.22. The molecule has 0 saturated carbocycles. The van der Waals surface area contributed by atoms with Crippen molar-refractivity contribution in [3.05, 3.63) is 63.9 Å². The maximum absolute atomic E-state index is 12.6. The van der Waals surface area contributed by atoms with Gasteiger partial charge in [0.15, 0.2) is 0 Å². The Balaban J connectivity index is 1.68. The molecular weight excluding hydrogens is 428 g/mol. The molecule has 9 heteroatoms. The highest BCUT2D eigenvalue weighted by Gasteiger charge is 2.21. The van der Waals surface area contributed by atoms with E-state index in [1.165, 1.54) is 0 Å². The zero-order valence-corrected chi connectivity index (χ0v) is 18.1. The largest absolute Gasteiger partial charge is 0.384 e. The average Bonchev–Trinajstić information content (AvgIpc) is 3.26. The number of benzene rings is 1. The first-order chi connectivity index (χ1) is 15.4. The smallest absolute Gasteiger partial charge is 0.253 e. The highest BCUT2D eigenvalue weighted by Crippen LogP contribution is 2.28. The van der Waals surface area contributed by atoms with Crippen LogP contribution in [-0.2, 0) is 4.74 Å². The monoisotopic (exact) mass is 448 g/mol. The lowest BCUT2D eigenvalue weighted by Gasteiger charge is -2.13. The van der Waals surface area contributed by atoms with Gasteiger partial charge in [0.05, 0.1) is 40.2 Å². The normalized spacial score (nSPS) is 15.1. The minimum atomic E-state index is -0.244. The summed E-state index contributed by atoms with van der Waals surface area (Å²) in [6.45, 7) is 2.95. The fourth-order valence-electron chi connectivity index (χ4n) is 3.33. The average molecular weight is 449 g/mol. The van der Waals surface area contributed by atoms with Crippen molar-refractivity contribution in [3.8, 4) is 23.1 Å². The summed E-state index contributed by atoms with van der Waals surface area (Å²) < 4.78 is 5.30. The van der Waals surface area contributed by atoms with Crippen LogP contribution >= 0.6 is 11.6 Å². The summed E-state index contributed by atoms with van der Waals surface area (Å²) in [6, 6.07) is 8.56. The van der Waals surface area contributed by atoms with Crippen LogP contribution < -0.4 is 16.8 Å². The Hall–Kier alpha value is -3.67. The number of nitrogens with one attached hydrogen (secondary N) is 1. The molecule has 5 N–H and O–H groups in total. The Morgan fingerprint density at radius 1 is 1.22 bits per heavy atom. The number of ether oxygens (including phenoxy) is 1. The van der Waals surface area contributed by atoms with Gasteiger partial charge in [-0.15, -0.1) is 0 Å². The number of pyridine rings is 1. The second-order valence-corrected chi connectivity index (χ2v) is 7.75. The van der Waals surface area contributed by atoms with Crippen LogP contribution in [0, 0.1) is 18.8 Å². The van der Waals surface area contributed by atoms with Gasteiger partial charge in [0.1, 0.15) is 5.82 Å². The number of nitrogens with zero attached hydrogens (tertiary/aromatic N) is 3. The molecular formula is C23H21ClN6O2. The van der Waals surface area contributed by atoms with Crippen molar-refractivity contribution >= 4 is 29.3 Å². The maximum atomic E-state index is 12.6. The number of aryl methyl sites for hydroxylation is 1. The summed E-state index contributed by atoms with van der Waals surface area (Å²) in [7, 11) is 0.